The molecule has 0 amide bonds. The molecular formula is C17H19ClN4O. The summed E-state index contributed by atoms with van der Waals surface area (Å²) < 4.78 is 7.51. The Kier molecular flexibility index (Phi) is 4.00. The molecule has 2 heterocycles. The average molecular weight is 331 g/mol. The topological polar surface area (TPSA) is 69.9 Å². The lowest BCUT2D eigenvalue weighted by Gasteiger charge is -2.34. The molecule has 0 aliphatic heterocycles. The van der Waals surface area contributed by atoms with Crippen LogP contribution in [0.4, 0.5) is 0 Å². The average Bonchev–Trinajstić information content (AvgIpc) is 3.12. The minimum Gasteiger partial charge on any atom is -0.340 e. The van der Waals surface area contributed by atoms with E-state index in [0.29, 0.717) is 11.7 Å². The number of benzene rings is 1. The van der Waals surface area contributed by atoms with E-state index in [2.05, 4.69) is 32.9 Å². The Hall–Kier alpha value is -2.11. The van der Waals surface area contributed by atoms with E-state index < -0.39 is 5.54 Å². The Labute approximate surface area is 140 Å². The molecule has 0 saturated heterocycles. The first-order valence-electron chi connectivity index (χ1n) is 7.52. The number of rotatable bonds is 3. The Morgan fingerprint density at radius 2 is 1.78 bits per heavy atom. The summed E-state index contributed by atoms with van der Waals surface area (Å²) in [6, 6.07) is 14.3. The molecule has 120 valence electrons. The molecule has 2 N–H and O–H groups in total. The fourth-order valence-electron chi connectivity index (χ4n) is 2.94. The second kappa shape index (κ2) is 5.83. The van der Waals surface area contributed by atoms with Crippen LogP contribution >= 0.6 is 12.4 Å². The van der Waals surface area contributed by atoms with Gasteiger partial charge in [0.2, 0.25) is 0 Å². The van der Waals surface area contributed by atoms with Crippen LogP contribution < -0.4 is 5.73 Å². The van der Waals surface area contributed by atoms with Crippen molar-refractivity contribution in [3.05, 3.63) is 48.3 Å². The molecule has 0 bridgehead atoms. The van der Waals surface area contributed by atoms with Gasteiger partial charge in [-0.25, -0.2) is 0 Å². The summed E-state index contributed by atoms with van der Waals surface area (Å²) in [4.78, 5) is 4.52. The van der Waals surface area contributed by atoms with Gasteiger partial charge in [0.15, 0.2) is 5.82 Å². The summed E-state index contributed by atoms with van der Waals surface area (Å²) in [6.07, 6.45) is 2.98. The highest BCUT2D eigenvalue weighted by Gasteiger charge is 2.39. The number of halogens is 1. The van der Waals surface area contributed by atoms with Crippen molar-refractivity contribution in [1.82, 2.24) is 14.7 Å². The van der Waals surface area contributed by atoms with Crippen molar-refractivity contribution in [1.29, 1.82) is 0 Å². The Morgan fingerprint density at radius 3 is 2.43 bits per heavy atom. The monoisotopic (exact) mass is 330 g/mol. The lowest BCUT2D eigenvalue weighted by Crippen LogP contribution is -2.44. The molecule has 0 unspecified atom stereocenters. The summed E-state index contributed by atoms with van der Waals surface area (Å²) in [7, 11) is 2.00. The second-order valence-corrected chi connectivity index (χ2v) is 5.96. The van der Waals surface area contributed by atoms with Gasteiger partial charge >= 0.3 is 0 Å². The molecule has 3 aromatic rings. The molecule has 0 atom stereocenters. The van der Waals surface area contributed by atoms with E-state index in [1.807, 2.05) is 31.3 Å². The summed E-state index contributed by atoms with van der Waals surface area (Å²) in [5.74, 6) is 1.15. The zero-order chi connectivity index (χ0) is 15.2. The standard InChI is InChI=1S/C17H18N4O.ClH/c1-21-13(12-6-3-2-4-7-12)8-9-14(21)15-19-16(20-22-15)17(18)10-5-11-17;/h2-4,6-9H,5,10-11,18H2,1H3;1H. The molecule has 1 aliphatic carbocycles. The van der Waals surface area contributed by atoms with E-state index in [1.54, 1.807) is 0 Å². The first kappa shape index (κ1) is 15.8. The van der Waals surface area contributed by atoms with Crippen LogP contribution in [0.3, 0.4) is 0 Å². The molecular weight excluding hydrogens is 312 g/mol. The molecule has 1 fully saturated rings. The van der Waals surface area contributed by atoms with E-state index in [9.17, 15) is 0 Å². The highest BCUT2D eigenvalue weighted by atomic mass is 35.5. The molecule has 23 heavy (non-hydrogen) atoms. The lowest BCUT2D eigenvalue weighted by atomic mass is 9.77. The first-order valence-corrected chi connectivity index (χ1v) is 7.52. The van der Waals surface area contributed by atoms with Crippen LogP contribution in [0, 0.1) is 0 Å². The zero-order valence-corrected chi connectivity index (χ0v) is 13.7. The molecule has 0 spiro atoms. The third-order valence-electron chi connectivity index (χ3n) is 4.53. The predicted octanol–water partition coefficient (Wildman–Crippen LogP) is 3.50. The molecule has 1 aliphatic rings. The maximum absolute atomic E-state index is 6.26. The largest absolute Gasteiger partial charge is 0.340 e. The molecule has 5 nitrogen and oxygen atoms in total. The smallest absolute Gasteiger partial charge is 0.274 e. The number of nitrogens with zero attached hydrogens (tertiary/aromatic N) is 3. The van der Waals surface area contributed by atoms with Crippen molar-refractivity contribution < 1.29 is 4.52 Å². The van der Waals surface area contributed by atoms with Gasteiger partial charge in [0.1, 0.15) is 5.69 Å². The number of nitrogens with two attached hydrogens (primary N) is 1. The van der Waals surface area contributed by atoms with E-state index in [1.165, 1.54) is 0 Å². The Balaban J connectivity index is 0.00000156. The van der Waals surface area contributed by atoms with Crippen LogP contribution in [0.2, 0.25) is 0 Å². The van der Waals surface area contributed by atoms with Crippen molar-refractivity contribution in [2.45, 2.75) is 24.8 Å². The zero-order valence-electron chi connectivity index (χ0n) is 12.9. The SMILES string of the molecule is Cl.Cn1c(-c2ccccc2)ccc1-c1nc(C2(N)CCC2)no1. The van der Waals surface area contributed by atoms with Crippen LogP contribution in [0.25, 0.3) is 22.8 Å². The third kappa shape index (κ3) is 2.56. The van der Waals surface area contributed by atoms with Crippen LogP contribution in [-0.4, -0.2) is 14.7 Å². The summed E-state index contributed by atoms with van der Waals surface area (Å²) in [6.45, 7) is 0. The van der Waals surface area contributed by atoms with Crippen LogP contribution in [0.1, 0.15) is 25.1 Å². The van der Waals surface area contributed by atoms with Crippen LogP contribution in [0.15, 0.2) is 47.0 Å². The maximum atomic E-state index is 6.26. The molecule has 1 aromatic carbocycles. The molecule has 2 aromatic heterocycles. The Morgan fingerprint density at radius 1 is 1.09 bits per heavy atom. The normalized spacial score (nSPS) is 15.7. The van der Waals surface area contributed by atoms with Gasteiger partial charge in [0, 0.05) is 12.7 Å². The predicted molar refractivity (Wildman–Crippen MR) is 91.1 cm³/mol. The van der Waals surface area contributed by atoms with Crippen molar-refractivity contribution in [2.24, 2.45) is 12.8 Å². The quantitative estimate of drug-likeness (QED) is 0.798. The third-order valence-corrected chi connectivity index (χ3v) is 4.53. The first-order chi connectivity index (χ1) is 10.7. The summed E-state index contributed by atoms with van der Waals surface area (Å²) in [5.41, 5.74) is 9.04. The number of hydrogen-bond donors (Lipinski definition) is 1. The van der Waals surface area contributed by atoms with Gasteiger partial charge in [0.25, 0.3) is 5.89 Å². The van der Waals surface area contributed by atoms with E-state index >= 15 is 0 Å². The van der Waals surface area contributed by atoms with Gasteiger partial charge in [-0.15, -0.1) is 12.4 Å². The van der Waals surface area contributed by atoms with Gasteiger partial charge in [-0.2, -0.15) is 4.98 Å². The number of hydrogen-bond acceptors (Lipinski definition) is 4. The minimum atomic E-state index is -0.394. The fourth-order valence-corrected chi connectivity index (χ4v) is 2.94. The van der Waals surface area contributed by atoms with Crippen LogP contribution in [0.5, 0.6) is 0 Å². The Bertz CT molecular complexity index is 805. The van der Waals surface area contributed by atoms with Crippen molar-refractivity contribution in [2.75, 3.05) is 0 Å². The van der Waals surface area contributed by atoms with Gasteiger partial charge in [-0.1, -0.05) is 35.5 Å². The minimum absolute atomic E-state index is 0. The summed E-state index contributed by atoms with van der Waals surface area (Å²) in [5, 5.41) is 4.09. The van der Waals surface area contributed by atoms with E-state index in [0.717, 1.165) is 36.2 Å². The molecule has 0 radical (unpaired) electrons. The second-order valence-electron chi connectivity index (χ2n) is 5.96. The van der Waals surface area contributed by atoms with Crippen molar-refractivity contribution in [3.63, 3.8) is 0 Å². The van der Waals surface area contributed by atoms with E-state index in [-0.39, 0.29) is 12.4 Å². The van der Waals surface area contributed by atoms with Crippen molar-refractivity contribution >= 4 is 12.4 Å². The molecule has 1 saturated carbocycles. The summed E-state index contributed by atoms with van der Waals surface area (Å²) >= 11 is 0. The molecule has 6 heteroatoms. The van der Waals surface area contributed by atoms with Gasteiger partial charge in [-0.05, 0) is 37.0 Å². The maximum Gasteiger partial charge on any atom is 0.274 e. The van der Waals surface area contributed by atoms with Gasteiger partial charge < -0.3 is 14.8 Å². The highest BCUT2D eigenvalue weighted by Crippen LogP contribution is 2.38. The van der Waals surface area contributed by atoms with Crippen molar-refractivity contribution in [3.8, 4) is 22.8 Å². The van der Waals surface area contributed by atoms with Gasteiger partial charge in [0.05, 0.1) is 5.54 Å². The lowest BCUT2D eigenvalue weighted by molar-refractivity contribution is 0.229. The van der Waals surface area contributed by atoms with Crippen LogP contribution in [-0.2, 0) is 12.6 Å². The molecule has 4 rings (SSSR count). The van der Waals surface area contributed by atoms with E-state index in [4.69, 9.17) is 10.3 Å². The fraction of sp³-hybridized carbons (Fsp3) is 0.294. The van der Waals surface area contributed by atoms with Gasteiger partial charge in [-0.3, -0.25) is 0 Å². The highest BCUT2D eigenvalue weighted by molar-refractivity contribution is 5.85. The number of aromatic nitrogens is 3.